The van der Waals surface area contributed by atoms with Gasteiger partial charge >= 0.3 is 0 Å². The van der Waals surface area contributed by atoms with Crippen LogP contribution in [-0.4, -0.2) is 61.1 Å². The van der Waals surface area contributed by atoms with Crippen molar-refractivity contribution in [2.75, 3.05) is 46.0 Å². The van der Waals surface area contributed by atoms with Gasteiger partial charge in [-0.25, -0.2) is 4.98 Å². The van der Waals surface area contributed by atoms with Crippen molar-refractivity contribution in [1.29, 1.82) is 0 Å². The molecule has 0 saturated carbocycles. The molecule has 2 heterocycles. The minimum absolute atomic E-state index is 0.228. The molecular formula is C14H25N5. The summed E-state index contributed by atoms with van der Waals surface area (Å²) >= 11 is 0. The van der Waals surface area contributed by atoms with Gasteiger partial charge < -0.3 is 16.0 Å². The molecule has 1 aromatic heterocycles. The number of hydrogen-bond donors (Lipinski definition) is 2. The van der Waals surface area contributed by atoms with Crippen LogP contribution in [0.1, 0.15) is 18.5 Å². The molecule has 0 spiro atoms. The summed E-state index contributed by atoms with van der Waals surface area (Å²) in [4.78, 5) is 9.02. The minimum atomic E-state index is 0.228. The van der Waals surface area contributed by atoms with E-state index in [4.69, 9.17) is 5.73 Å². The molecule has 1 aliphatic heterocycles. The number of likely N-dealkylation sites (N-methyl/N-ethyl adjacent to an activating group) is 3. The first-order valence-corrected chi connectivity index (χ1v) is 6.96. The number of hydrogen-bond acceptors (Lipinski definition) is 5. The maximum absolute atomic E-state index is 6.06. The highest BCUT2D eigenvalue weighted by Crippen LogP contribution is 2.26. The summed E-state index contributed by atoms with van der Waals surface area (Å²) in [5, 5.41) is 3.57. The molecule has 0 aliphatic carbocycles. The summed E-state index contributed by atoms with van der Waals surface area (Å²) in [5.74, 6) is 0.634. The van der Waals surface area contributed by atoms with Gasteiger partial charge in [-0.1, -0.05) is 13.0 Å². The molecule has 2 atom stereocenters. The lowest BCUT2D eigenvalue weighted by Crippen LogP contribution is -2.55. The van der Waals surface area contributed by atoms with Crippen molar-refractivity contribution in [2.45, 2.75) is 19.0 Å². The van der Waals surface area contributed by atoms with Gasteiger partial charge in [0.1, 0.15) is 5.82 Å². The average molecular weight is 263 g/mol. The smallest absolute Gasteiger partial charge is 0.128 e. The zero-order chi connectivity index (χ0) is 13.8. The van der Waals surface area contributed by atoms with Gasteiger partial charge in [-0.05, 0) is 26.7 Å². The van der Waals surface area contributed by atoms with Crippen molar-refractivity contribution >= 4 is 5.82 Å². The molecule has 1 saturated heterocycles. The third kappa shape index (κ3) is 3.23. The van der Waals surface area contributed by atoms with E-state index in [9.17, 15) is 0 Å². The molecule has 2 rings (SSSR count). The lowest BCUT2D eigenvalue weighted by atomic mass is 9.96. The molecule has 106 valence electrons. The van der Waals surface area contributed by atoms with Crippen LogP contribution in [0.2, 0.25) is 0 Å². The Hall–Kier alpha value is -1.17. The molecule has 1 fully saturated rings. The first-order valence-electron chi connectivity index (χ1n) is 6.96. The van der Waals surface area contributed by atoms with Crippen LogP contribution in [0.25, 0.3) is 0 Å². The zero-order valence-electron chi connectivity index (χ0n) is 12.1. The van der Waals surface area contributed by atoms with Gasteiger partial charge in [0.25, 0.3) is 0 Å². The number of anilines is 1. The highest BCUT2D eigenvalue weighted by Gasteiger charge is 2.31. The molecule has 3 N–H and O–H groups in total. The fraction of sp³-hybridized carbons (Fsp3) is 0.643. The molecule has 1 aromatic rings. The van der Waals surface area contributed by atoms with Crippen molar-refractivity contribution in [3.8, 4) is 0 Å². The lowest BCUT2D eigenvalue weighted by Gasteiger charge is -2.42. The Morgan fingerprint density at radius 2 is 2.26 bits per heavy atom. The van der Waals surface area contributed by atoms with Crippen LogP contribution in [0.3, 0.4) is 0 Å². The third-order valence-electron chi connectivity index (χ3n) is 3.91. The van der Waals surface area contributed by atoms with Crippen molar-refractivity contribution in [1.82, 2.24) is 20.1 Å². The van der Waals surface area contributed by atoms with Gasteiger partial charge in [-0.3, -0.25) is 4.90 Å². The fourth-order valence-electron chi connectivity index (χ4n) is 2.77. The van der Waals surface area contributed by atoms with Crippen LogP contribution in [0.4, 0.5) is 5.82 Å². The second kappa shape index (κ2) is 6.32. The number of nitrogen functional groups attached to an aromatic ring is 1. The minimum Gasteiger partial charge on any atom is -0.383 e. The van der Waals surface area contributed by atoms with Gasteiger partial charge in [0, 0.05) is 37.4 Å². The van der Waals surface area contributed by atoms with Crippen molar-refractivity contribution in [3.63, 3.8) is 0 Å². The van der Waals surface area contributed by atoms with Crippen LogP contribution in [0.15, 0.2) is 18.3 Å². The number of nitrogens with zero attached hydrogens (tertiary/aromatic N) is 3. The predicted octanol–water partition coefficient (Wildman–Crippen LogP) is 0.560. The number of rotatable bonds is 4. The van der Waals surface area contributed by atoms with E-state index in [1.54, 1.807) is 6.20 Å². The second-order valence-electron chi connectivity index (χ2n) is 5.32. The van der Waals surface area contributed by atoms with E-state index >= 15 is 0 Å². The summed E-state index contributed by atoms with van der Waals surface area (Å²) < 4.78 is 0. The van der Waals surface area contributed by atoms with Gasteiger partial charge in [0.2, 0.25) is 0 Å². The SMILES string of the molecule is CCNC(c1cccnc1N)C1CN(C)CCN1C. The quantitative estimate of drug-likeness (QED) is 0.831. The summed E-state index contributed by atoms with van der Waals surface area (Å²) in [6, 6.07) is 4.69. The van der Waals surface area contributed by atoms with Gasteiger partial charge in [-0.2, -0.15) is 0 Å². The van der Waals surface area contributed by atoms with Crippen LogP contribution in [0.5, 0.6) is 0 Å². The Morgan fingerprint density at radius 3 is 2.95 bits per heavy atom. The number of pyridine rings is 1. The van der Waals surface area contributed by atoms with E-state index in [1.807, 2.05) is 6.07 Å². The Morgan fingerprint density at radius 1 is 1.47 bits per heavy atom. The van der Waals surface area contributed by atoms with Crippen LogP contribution in [0, 0.1) is 0 Å². The molecule has 19 heavy (non-hydrogen) atoms. The second-order valence-corrected chi connectivity index (χ2v) is 5.32. The summed E-state index contributed by atoms with van der Waals surface area (Å²) in [6.45, 7) is 6.30. The molecule has 0 bridgehead atoms. The van der Waals surface area contributed by atoms with Crippen molar-refractivity contribution < 1.29 is 0 Å². The van der Waals surface area contributed by atoms with E-state index in [1.165, 1.54) is 0 Å². The van der Waals surface area contributed by atoms with E-state index in [0.717, 1.165) is 31.7 Å². The molecule has 0 aromatic carbocycles. The van der Waals surface area contributed by atoms with E-state index < -0.39 is 0 Å². The van der Waals surface area contributed by atoms with E-state index in [-0.39, 0.29) is 6.04 Å². The number of nitrogens with two attached hydrogens (primary N) is 1. The van der Waals surface area contributed by atoms with Crippen molar-refractivity contribution in [2.24, 2.45) is 0 Å². The fourth-order valence-corrected chi connectivity index (χ4v) is 2.77. The van der Waals surface area contributed by atoms with E-state index in [2.05, 4.69) is 47.2 Å². The van der Waals surface area contributed by atoms with Crippen molar-refractivity contribution in [3.05, 3.63) is 23.9 Å². The molecule has 0 radical (unpaired) electrons. The monoisotopic (exact) mass is 263 g/mol. The maximum atomic E-state index is 6.06. The zero-order valence-corrected chi connectivity index (χ0v) is 12.1. The molecule has 1 aliphatic rings. The molecular weight excluding hydrogens is 238 g/mol. The number of nitrogens with one attached hydrogen (secondary N) is 1. The summed E-state index contributed by atoms with van der Waals surface area (Å²) in [5.41, 5.74) is 7.16. The average Bonchev–Trinajstić information content (AvgIpc) is 2.40. The Balaban J connectivity index is 2.26. The first-order chi connectivity index (χ1) is 9.13. The molecule has 5 heteroatoms. The summed E-state index contributed by atoms with van der Waals surface area (Å²) in [7, 11) is 4.37. The normalized spacial score (nSPS) is 23.4. The Labute approximate surface area is 115 Å². The third-order valence-corrected chi connectivity index (χ3v) is 3.91. The number of piperazine rings is 1. The molecule has 5 nitrogen and oxygen atoms in total. The van der Waals surface area contributed by atoms with Crippen LogP contribution >= 0.6 is 0 Å². The predicted molar refractivity (Wildman–Crippen MR) is 79.0 cm³/mol. The highest BCUT2D eigenvalue weighted by atomic mass is 15.3. The van der Waals surface area contributed by atoms with Gasteiger partial charge in [0.15, 0.2) is 0 Å². The highest BCUT2D eigenvalue weighted by molar-refractivity contribution is 5.41. The summed E-state index contributed by atoms with van der Waals surface area (Å²) in [6.07, 6.45) is 1.75. The standard InChI is InChI=1S/C14H25N5/c1-4-16-13(11-6-5-7-17-14(11)15)12-10-18(2)8-9-19(12)3/h5-7,12-13,16H,4,8-10H2,1-3H3,(H2,15,17). The van der Waals surface area contributed by atoms with Crippen LogP contribution in [-0.2, 0) is 0 Å². The Kier molecular flexibility index (Phi) is 4.74. The number of aromatic nitrogens is 1. The van der Waals surface area contributed by atoms with Gasteiger partial charge in [0.05, 0.1) is 6.04 Å². The van der Waals surface area contributed by atoms with Gasteiger partial charge in [-0.15, -0.1) is 0 Å². The lowest BCUT2D eigenvalue weighted by molar-refractivity contribution is 0.0882. The van der Waals surface area contributed by atoms with E-state index in [0.29, 0.717) is 11.9 Å². The Bertz CT molecular complexity index is 409. The largest absolute Gasteiger partial charge is 0.383 e. The topological polar surface area (TPSA) is 57.4 Å². The molecule has 2 unspecified atom stereocenters. The first kappa shape index (κ1) is 14.2. The van der Waals surface area contributed by atoms with Crippen LogP contribution < -0.4 is 11.1 Å². The molecule has 0 amide bonds. The maximum Gasteiger partial charge on any atom is 0.128 e.